The molecule has 0 aromatic heterocycles. The molecule has 0 unspecified atom stereocenters. The highest BCUT2D eigenvalue weighted by Gasteiger charge is 2.52. The van der Waals surface area contributed by atoms with Gasteiger partial charge < -0.3 is 15.2 Å². The topological polar surface area (TPSA) is 56.8 Å². The van der Waals surface area contributed by atoms with E-state index in [-0.39, 0.29) is 0 Å². The SMILES string of the molecule is CC1(C)OB(c2cccc(F)c2C=NN)OC1(C)C. The van der Waals surface area contributed by atoms with Gasteiger partial charge >= 0.3 is 7.12 Å². The van der Waals surface area contributed by atoms with Crippen molar-refractivity contribution in [1.82, 2.24) is 0 Å². The average Bonchev–Trinajstić information content (AvgIpc) is 2.51. The first-order valence-corrected chi connectivity index (χ1v) is 6.16. The van der Waals surface area contributed by atoms with Crippen molar-refractivity contribution in [3.63, 3.8) is 0 Å². The maximum absolute atomic E-state index is 13.8. The zero-order valence-electron chi connectivity index (χ0n) is 11.6. The van der Waals surface area contributed by atoms with Crippen molar-refractivity contribution < 1.29 is 13.7 Å². The minimum absolute atomic E-state index is 0.295. The molecular weight excluding hydrogens is 246 g/mol. The molecule has 1 aliphatic rings. The monoisotopic (exact) mass is 264 g/mol. The predicted octanol–water partition coefficient (Wildman–Crippen LogP) is 1.42. The van der Waals surface area contributed by atoms with E-state index in [2.05, 4.69) is 5.10 Å². The molecule has 0 bridgehead atoms. The van der Waals surface area contributed by atoms with E-state index in [9.17, 15) is 4.39 Å². The zero-order valence-corrected chi connectivity index (χ0v) is 11.6. The third kappa shape index (κ3) is 2.38. The lowest BCUT2D eigenvalue weighted by Crippen LogP contribution is -2.41. The number of benzene rings is 1. The summed E-state index contributed by atoms with van der Waals surface area (Å²) < 4.78 is 25.6. The Hall–Kier alpha value is -1.40. The summed E-state index contributed by atoms with van der Waals surface area (Å²) in [5.74, 6) is 4.72. The summed E-state index contributed by atoms with van der Waals surface area (Å²) in [6.07, 6.45) is 1.27. The molecule has 4 nitrogen and oxygen atoms in total. The van der Waals surface area contributed by atoms with Crippen LogP contribution in [-0.4, -0.2) is 24.5 Å². The molecule has 1 heterocycles. The Labute approximate surface area is 112 Å². The van der Waals surface area contributed by atoms with Crippen LogP contribution in [-0.2, 0) is 9.31 Å². The summed E-state index contributed by atoms with van der Waals surface area (Å²) >= 11 is 0. The second-order valence-corrected chi connectivity index (χ2v) is 5.61. The van der Waals surface area contributed by atoms with Crippen LogP contribution in [0.1, 0.15) is 33.3 Å². The molecule has 6 heteroatoms. The van der Waals surface area contributed by atoms with E-state index < -0.39 is 24.1 Å². The lowest BCUT2D eigenvalue weighted by atomic mass is 9.76. The second kappa shape index (κ2) is 4.61. The van der Waals surface area contributed by atoms with Crippen LogP contribution in [0.5, 0.6) is 0 Å². The van der Waals surface area contributed by atoms with Crippen LogP contribution >= 0.6 is 0 Å². The van der Waals surface area contributed by atoms with Crippen LogP contribution in [0.15, 0.2) is 23.3 Å². The van der Waals surface area contributed by atoms with Gasteiger partial charge in [0, 0.05) is 5.56 Å². The summed E-state index contributed by atoms with van der Waals surface area (Å²) in [6.45, 7) is 7.79. The lowest BCUT2D eigenvalue weighted by molar-refractivity contribution is 0.00578. The van der Waals surface area contributed by atoms with Crippen molar-refractivity contribution in [3.8, 4) is 0 Å². The molecule has 0 spiro atoms. The first-order valence-electron chi connectivity index (χ1n) is 6.16. The van der Waals surface area contributed by atoms with Gasteiger partial charge in [0.25, 0.3) is 0 Å². The Bertz CT molecular complexity index is 501. The van der Waals surface area contributed by atoms with Crippen LogP contribution in [0.2, 0.25) is 0 Å². The number of halogens is 1. The van der Waals surface area contributed by atoms with Gasteiger partial charge in [-0.05, 0) is 39.2 Å². The van der Waals surface area contributed by atoms with E-state index in [0.29, 0.717) is 11.0 Å². The van der Waals surface area contributed by atoms with Gasteiger partial charge in [-0.15, -0.1) is 0 Å². The second-order valence-electron chi connectivity index (χ2n) is 5.61. The number of hydrazone groups is 1. The van der Waals surface area contributed by atoms with Crippen LogP contribution < -0.4 is 11.3 Å². The fraction of sp³-hybridized carbons (Fsp3) is 0.462. The number of hydrogen-bond acceptors (Lipinski definition) is 4. The Balaban J connectivity index is 2.42. The van der Waals surface area contributed by atoms with E-state index in [0.717, 1.165) is 0 Å². The van der Waals surface area contributed by atoms with Crippen molar-refractivity contribution in [2.45, 2.75) is 38.9 Å². The largest absolute Gasteiger partial charge is 0.495 e. The van der Waals surface area contributed by atoms with Crippen molar-refractivity contribution in [1.29, 1.82) is 0 Å². The van der Waals surface area contributed by atoms with Crippen molar-refractivity contribution in [3.05, 3.63) is 29.6 Å². The summed E-state index contributed by atoms with van der Waals surface area (Å²) in [6, 6.07) is 4.72. The summed E-state index contributed by atoms with van der Waals surface area (Å²) in [5.41, 5.74) is -0.0567. The molecule has 1 aliphatic heterocycles. The highest BCUT2D eigenvalue weighted by molar-refractivity contribution is 6.63. The van der Waals surface area contributed by atoms with Crippen molar-refractivity contribution in [2.24, 2.45) is 10.9 Å². The average molecular weight is 264 g/mol. The number of nitrogens with zero attached hydrogens (tertiary/aromatic N) is 1. The van der Waals surface area contributed by atoms with Gasteiger partial charge in [0.2, 0.25) is 0 Å². The summed E-state index contributed by atoms with van der Waals surface area (Å²) in [5, 5.41) is 3.40. The van der Waals surface area contributed by atoms with Crippen LogP contribution in [0.25, 0.3) is 0 Å². The quantitative estimate of drug-likeness (QED) is 0.380. The first-order chi connectivity index (χ1) is 8.78. The summed E-state index contributed by atoms with van der Waals surface area (Å²) in [7, 11) is -0.631. The minimum Gasteiger partial charge on any atom is -0.399 e. The minimum atomic E-state index is -0.631. The van der Waals surface area contributed by atoms with E-state index in [1.54, 1.807) is 12.1 Å². The molecule has 0 amide bonds. The van der Waals surface area contributed by atoms with Gasteiger partial charge in [0.1, 0.15) is 5.82 Å². The van der Waals surface area contributed by atoms with Crippen LogP contribution in [0.4, 0.5) is 4.39 Å². The molecule has 102 valence electrons. The molecular formula is C13H18BFN2O2. The molecule has 1 fully saturated rings. The van der Waals surface area contributed by atoms with Crippen molar-refractivity contribution in [2.75, 3.05) is 0 Å². The summed E-state index contributed by atoms with van der Waals surface area (Å²) in [4.78, 5) is 0. The molecule has 0 radical (unpaired) electrons. The first kappa shape index (κ1) is 14.0. The van der Waals surface area contributed by atoms with E-state index >= 15 is 0 Å². The van der Waals surface area contributed by atoms with E-state index in [1.165, 1.54) is 12.3 Å². The van der Waals surface area contributed by atoms with Gasteiger partial charge in [0.15, 0.2) is 0 Å². The molecule has 1 saturated heterocycles. The van der Waals surface area contributed by atoms with Gasteiger partial charge in [-0.3, -0.25) is 0 Å². The number of nitrogens with two attached hydrogens (primary N) is 1. The van der Waals surface area contributed by atoms with Crippen LogP contribution in [0, 0.1) is 5.82 Å². The molecule has 0 saturated carbocycles. The highest BCUT2D eigenvalue weighted by Crippen LogP contribution is 2.36. The Morgan fingerprint density at radius 2 is 1.79 bits per heavy atom. The Kier molecular flexibility index (Phi) is 3.41. The normalized spacial score (nSPS) is 21.2. The Morgan fingerprint density at radius 1 is 1.21 bits per heavy atom. The van der Waals surface area contributed by atoms with Crippen molar-refractivity contribution >= 4 is 18.8 Å². The van der Waals surface area contributed by atoms with Gasteiger partial charge in [-0.25, -0.2) is 4.39 Å². The van der Waals surface area contributed by atoms with Gasteiger partial charge in [-0.2, -0.15) is 5.10 Å². The van der Waals surface area contributed by atoms with Gasteiger partial charge in [0.05, 0.1) is 17.4 Å². The molecule has 2 rings (SSSR count). The molecule has 0 aliphatic carbocycles. The smallest absolute Gasteiger partial charge is 0.399 e. The maximum atomic E-state index is 13.8. The lowest BCUT2D eigenvalue weighted by Gasteiger charge is -2.32. The predicted molar refractivity (Wildman–Crippen MR) is 73.9 cm³/mol. The number of hydrogen-bond donors (Lipinski definition) is 1. The Morgan fingerprint density at radius 3 is 2.32 bits per heavy atom. The fourth-order valence-corrected chi connectivity index (χ4v) is 1.94. The van der Waals surface area contributed by atoms with E-state index in [1.807, 2.05) is 27.7 Å². The molecule has 2 N–H and O–H groups in total. The number of rotatable bonds is 2. The van der Waals surface area contributed by atoms with E-state index in [4.69, 9.17) is 15.2 Å². The third-order valence-corrected chi connectivity index (χ3v) is 3.80. The van der Waals surface area contributed by atoms with Crippen LogP contribution in [0.3, 0.4) is 0 Å². The van der Waals surface area contributed by atoms with Gasteiger partial charge in [-0.1, -0.05) is 12.1 Å². The standard InChI is InChI=1S/C13H18BFN2O2/c1-12(2)13(3,4)19-14(18-12)10-6-5-7-11(15)9(10)8-17-16/h5-8H,16H2,1-4H3. The molecule has 1 aromatic rings. The molecule has 19 heavy (non-hydrogen) atoms. The third-order valence-electron chi connectivity index (χ3n) is 3.80. The molecule has 0 atom stereocenters. The highest BCUT2D eigenvalue weighted by atomic mass is 19.1. The molecule has 1 aromatic carbocycles. The fourth-order valence-electron chi connectivity index (χ4n) is 1.94. The maximum Gasteiger partial charge on any atom is 0.495 e. The zero-order chi connectivity index (χ0) is 14.3.